The SMILES string of the molecule is CCC(C[C@H](C)C(=O)NC)C(N)=O. The minimum Gasteiger partial charge on any atom is -0.369 e. The molecular weight excluding hydrogens is 168 g/mol. The first-order chi connectivity index (χ1) is 6.02. The van der Waals surface area contributed by atoms with Crippen molar-refractivity contribution >= 4 is 11.8 Å². The molecule has 3 N–H and O–H groups in total. The molecule has 13 heavy (non-hydrogen) atoms. The van der Waals surface area contributed by atoms with Gasteiger partial charge in [0, 0.05) is 18.9 Å². The Balaban J connectivity index is 4.08. The maximum absolute atomic E-state index is 11.1. The van der Waals surface area contributed by atoms with E-state index in [1.54, 1.807) is 14.0 Å². The van der Waals surface area contributed by atoms with Gasteiger partial charge in [-0.2, -0.15) is 0 Å². The fourth-order valence-electron chi connectivity index (χ4n) is 1.26. The molecule has 76 valence electrons. The third-order valence-electron chi connectivity index (χ3n) is 2.23. The van der Waals surface area contributed by atoms with E-state index < -0.39 is 0 Å². The highest BCUT2D eigenvalue weighted by Crippen LogP contribution is 2.14. The maximum Gasteiger partial charge on any atom is 0.222 e. The summed E-state index contributed by atoms with van der Waals surface area (Å²) in [4.78, 5) is 22.0. The van der Waals surface area contributed by atoms with Gasteiger partial charge >= 0.3 is 0 Å². The number of hydrogen-bond donors (Lipinski definition) is 2. The molecule has 0 aromatic heterocycles. The Morgan fingerprint density at radius 2 is 2.00 bits per heavy atom. The maximum atomic E-state index is 11.1. The van der Waals surface area contributed by atoms with Crippen molar-refractivity contribution in [2.45, 2.75) is 26.7 Å². The fraction of sp³-hybridized carbons (Fsp3) is 0.778. The van der Waals surface area contributed by atoms with Gasteiger partial charge in [-0.25, -0.2) is 0 Å². The lowest BCUT2D eigenvalue weighted by atomic mass is 9.93. The predicted octanol–water partition coefficient (Wildman–Crippen LogP) is 0.270. The summed E-state index contributed by atoms with van der Waals surface area (Å²) in [6.07, 6.45) is 1.22. The van der Waals surface area contributed by atoms with Crippen molar-refractivity contribution in [3.63, 3.8) is 0 Å². The van der Waals surface area contributed by atoms with Gasteiger partial charge in [0.15, 0.2) is 0 Å². The molecule has 4 nitrogen and oxygen atoms in total. The molecule has 2 atom stereocenters. The van der Waals surface area contributed by atoms with Crippen molar-refractivity contribution < 1.29 is 9.59 Å². The Morgan fingerprint density at radius 3 is 2.31 bits per heavy atom. The summed E-state index contributed by atoms with van der Waals surface area (Å²) in [7, 11) is 1.59. The number of nitrogens with two attached hydrogens (primary N) is 1. The fourth-order valence-corrected chi connectivity index (χ4v) is 1.26. The van der Waals surface area contributed by atoms with Gasteiger partial charge in [0.25, 0.3) is 0 Å². The molecule has 0 heterocycles. The molecule has 4 heteroatoms. The van der Waals surface area contributed by atoms with Crippen LogP contribution in [0.2, 0.25) is 0 Å². The van der Waals surface area contributed by atoms with Crippen LogP contribution < -0.4 is 11.1 Å². The molecule has 0 rings (SSSR count). The van der Waals surface area contributed by atoms with Crippen molar-refractivity contribution in [3.05, 3.63) is 0 Å². The van der Waals surface area contributed by atoms with Crippen LogP contribution in [-0.4, -0.2) is 18.9 Å². The van der Waals surface area contributed by atoms with Gasteiger partial charge < -0.3 is 11.1 Å². The molecule has 1 unspecified atom stereocenters. The molecular formula is C9H18N2O2. The largest absolute Gasteiger partial charge is 0.369 e. The summed E-state index contributed by atoms with van der Waals surface area (Å²) in [6.45, 7) is 3.69. The monoisotopic (exact) mass is 186 g/mol. The molecule has 0 aliphatic carbocycles. The zero-order valence-electron chi connectivity index (χ0n) is 8.46. The molecule has 0 spiro atoms. The van der Waals surface area contributed by atoms with Crippen molar-refractivity contribution in [2.24, 2.45) is 17.6 Å². The van der Waals surface area contributed by atoms with Gasteiger partial charge in [0.05, 0.1) is 0 Å². The summed E-state index contributed by atoms with van der Waals surface area (Å²) in [5, 5.41) is 2.54. The topological polar surface area (TPSA) is 72.2 Å². The number of carbonyl (C=O) groups excluding carboxylic acids is 2. The van der Waals surface area contributed by atoms with Gasteiger partial charge in [0.2, 0.25) is 11.8 Å². The highest BCUT2D eigenvalue weighted by atomic mass is 16.2. The summed E-state index contributed by atoms with van der Waals surface area (Å²) in [5.74, 6) is -0.701. The molecule has 0 fully saturated rings. The Hall–Kier alpha value is -1.06. The Kier molecular flexibility index (Phi) is 5.11. The quantitative estimate of drug-likeness (QED) is 0.647. The lowest BCUT2D eigenvalue weighted by Crippen LogP contribution is -2.31. The Bertz CT molecular complexity index is 192. The third-order valence-corrected chi connectivity index (χ3v) is 2.23. The molecule has 0 aromatic rings. The lowest BCUT2D eigenvalue weighted by molar-refractivity contribution is -0.126. The van der Waals surface area contributed by atoms with Crippen LogP contribution in [0.15, 0.2) is 0 Å². The van der Waals surface area contributed by atoms with Crippen molar-refractivity contribution in [1.29, 1.82) is 0 Å². The van der Waals surface area contributed by atoms with Gasteiger partial charge in [-0.3, -0.25) is 9.59 Å². The molecule has 0 aliphatic heterocycles. The third kappa shape index (κ3) is 3.92. The summed E-state index contributed by atoms with van der Waals surface area (Å²) in [6, 6.07) is 0. The number of rotatable bonds is 5. The predicted molar refractivity (Wildman–Crippen MR) is 50.8 cm³/mol. The van der Waals surface area contributed by atoms with Crippen LogP contribution >= 0.6 is 0 Å². The normalized spacial score (nSPS) is 14.7. The molecule has 0 aromatic carbocycles. The van der Waals surface area contributed by atoms with Crippen LogP contribution in [0.3, 0.4) is 0 Å². The minimum atomic E-state index is -0.321. The number of hydrogen-bond acceptors (Lipinski definition) is 2. The van der Waals surface area contributed by atoms with E-state index in [4.69, 9.17) is 5.73 Å². The zero-order chi connectivity index (χ0) is 10.4. The van der Waals surface area contributed by atoms with Gasteiger partial charge in [0.1, 0.15) is 0 Å². The van der Waals surface area contributed by atoms with E-state index in [1.807, 2.05) is 6.92 Å². The van der Waals surface area contributed by atoms with E-state index in [0.717, 1.165) is 0 Å². The number of nitrogens with one attached hydrogen (secondary N) is 1. The summed E-state index contributed by atoms with van der Waals surface area (Å²) in [5.41, 5.74) is 5.17. The van der Waals surface area contributed by atoms with E-state index >= 15 is 0 Å². The second-order valence-corrected chi connectivity index (χ2v) is 3.26. The second kappa shape index (κ2) is 5.56. The van der Waals surface area contributed by atoms with Crippen molar-refractivity contribution in [3.8, 4) is 0 Å². The molecule has 0 aliphatic rings. The second-order valence-electron chi connectivity index (χ2n) is 3.26. The van der Waals surface area contributed by atoms with E-state index in [2.05, 4.69) is 5.32 Å². The standard InChI is InChI=1S/C9H18N2O2/c1-4-7(8(10)12)5-6(2)9(13)11-3/h6-7H,4-5H2,1-3H3,(H2,10,12)(H,11,13)/t6-,7?/m0/s1. The van der Waals surface area contributed by atoms with Crippen LogP contribution in [0.25, 0.3) is 0 Å². The number of carbonyl (C=O) groups is 2. The van der Waals surface area contributed by atoms with E-state index in [1.165, 1.54) is 0 Å². The molecule has 0 bridgehead atoms. The summed E-state index contributed by atoms with van der Waals surface area (Å²) < 4.78 is 0. The van der Waals surface area contributed by atoms with Gasteiger partial charge in [-0.05, 0) is 12.8 Å². The lowest BCUT2D eigenvalue weighted by Gasteiger charge is -2.15. The Labute approximate surface area is 78.9 Å². The minimum absolute atomic E-state index is 0.0419. The van der Waals surface area contributed by atoms with Crippen LogP contribution in [0, 0.1) is 11.8 Å². The van der Waals surface area contributed by atoms with Crippen molar-refractivity contribution in [1.82, 2.24) is 5.32 Å². The zero-order valence-corrected chi connectivity index (χ0v) is 8.46. The molecule has 0 radical (unpaired) electrons. The van der Waals surface area contributed by atoms with Gasteiger partial charge in [-0.15, -0.1) is 0 Å². The van der Waals surface area contributed by atoms with Gasteiger partial charge in [-0.1, -0.05) is 13.8 Å². The molecule has 0 saturated heterocycles. The first kappa shape index (κ1) is 11.9. The number of amides is 2. The smallest absolute Gasteiger partial charge is 0.222 e. The van der Waals surface area contributed by atoms with Crippen molar-refractivity contribution in [2.75, 3.05) is 7.05 Å². The van der Waals surface area contributed by atoms with Crippen LogP contribution in [0.5, 0.6) is 0 Å². The van der Waals surface area contributed by atoms with E-state index in [-0.39, 0.29) is 23.7 Å². The molecule has 2 amide bonds. The summed E-state index contributed by atoms with van der Waals surface area (Å²) >= 11 is 0. The highest BCUT2D eigenvalue weighted by molar-refractivity contribution is 5.80. The average molecular weight is 186 g/mol. The number of primary amides is 1. The first-order valence-corrected chi connectivity index (χ1v) is 4.53. The van der Waals surface area contributed by atoms with Crippen LogP contribution in [0.1, 0.15) is 26.7 Å². The Morgan fingerprint density at radius 1 is 1.46 bits per heavy atom. The average Bonchev–Trinajstić information content (AvgIpc) is 2.11. The van der Waals surface area contributed by atoms with Crippen LogP contribution in [0.4, 0.5) is 0 Å². The highest BCUT2D eigenvalue weighted by Gasteiger charge is 2.20. The van der Waals surface area contributed by atoms with E-state index in [0.29, 0.717) is 12.8 Å². The van der Waals surface area contributed by atoms with E-state index in [9.17, 15) is 9.59 Å². The van der Waals surface area contributed by atoms with Crippen LogP contribution in [-0.2, 0) is 9.59 Å². The molecule has 0 saturated carbocycles. The first-order valence-electron chi connectivity index (χ1n) is 4.53.